The van der Waals surface area contributed by atoms with Gasteiger partial charge >= 0.3 is 0 Å². The molecule has 33 heavy (non-hydrogen) atoms. The molecule has 1 atom stereocenters. The molecule has 0 aliphatic carbocycles. The first-order chi connectivity index (χ1) is 16.0. The van der Waals surface area contributed by atoms with E-state index in [1.54, 1.807) is 22.8 Å². The molecule has 3 aromatic rings. The minimum absolute atomic E-state index is 0.00248. The van der Waals surface area contributed by atoms with Crippen molar-refractivity contribution < 1.29 is 17.9 Å². The zero-order chi connectivity index (χ0) is 23.3. The second-order valence-corrected chi connectivity index (χ2v) is 10.2. The van der Waals surface area contributed by atoms with E-state index in [4.69, 9.17) is 9.84 Å². The molecular formula is C25H27N3O4S. The molecule has 0 N–H and O–H groups in total. The number of methoxy groups -OCH3 is 1. The second kappa shape index (κ2) is 10.1. The molecule has 1 amide bonds. The van der Waals surface area contributed by atoms with Gasteiger partial charge in [0.25, 0.3) is 0 Å². The van der Waals surface area contributed by atoms with Gasteiger partial charge in [0.2, 0.25) is 5.91 Å². The predicted octanol–water partition coefficient (Wildman–Crippen LogP) is 3.21. The Bertz CT molecular complexity index is 1220. The average Bonchev–Trinajstić information content (AvgIpc) is 3.42. The lowest BCUT2D eigenvalue weighted by Gasteiger charge is -2.26. The van der Waals surface area contributed by atoms with Crippen LogP contribution in [0.5, 0.6) is 0 Å². The van der Waals surface area contributed by atoms with Gasteiger partial charge in [0.15, 0.2) is 9.84 Å². The van der Waals surface area contributed by atoms with Gasteiger partial charge in [-0.25, -0.2) is 13.1 Å². The number of benzene rings is 2. The Hall–Kier alpha value is -3.23. The summed E-state index contributed by atoms with van der Waals surface area (Å²) in [6.07, 6.45) is 5.59. The van der Waals surface area contributed by atoms with Gasteiger partial charge in [-0.2, -0.15) is 5.10 Å². The number of hydrogen-bond acceptors (Lipinski definition) is 5. The second-order valence-electron chi connectivity index (χ2n) is 7.99. The molecule has 172 valence electrons. The maximum atomic E-state index is 13.1. The summed E-state index contributed by atoms with van der Waals surface area (Å²) in [5.74, 6) is -0.127. The number of carbonyl (C=O) groups excluding carboxylic acids is 1. The topological polar surface area (TPSA) is 81.5 Å². The van der Waals surface area contributed by atoms with E-state index in [2.05, 4.69) is 0 Å². The summed E-state index contributed by atoms with van der Waals surface area (Å²) in [5.41, 5.74) is 3.41. The molecule has 1 aliphatic rings. The SMILES string of the molecule is COCCN(C(=O)/C=C/c1cn(-c2ccccc2)nc1-c1ccccc1)C1CCS(=O)(=O)C1. The minimum Gasteiger partial charge on any atom is -0.383 e. The first kappa shape index (κ1) is 22.9. The highest BCUT2D eigenvalue weighted by molar-refractivity contribution is 7.91. The van der Waals surface area contributed by atoms with Crippen molar-refractivity contribution in [1.29, 1.82) is 0 Å². The number of rotatable bonds is 8. The Kier molecular flexibility index (Phi) is 7.05. The summed E-state index contributed by atoms with van der Waals surface area (Å²) in [7, 11) is -1.54. The molecule has 1 aromatic heterocycles. The van der Waals surface area contributed by atoms with Crippen LogP contribution < -0.4 is 0 Å². The smallest absolute Gasteiger partial charge is 0.246 e. The number of ether oxygens (including phenoxy) is 1. The van der Waals surface area contributed by atoms with Gasteiger partial charge in [0, 0.05) is 43.1 Å². The fraction of sp³-hybridized carbons (Fsp3) is 0.280. The van der Waals surface area contributed by atoms with Crippen LogP contribution in [0.3, 0.4) is 0 Å². The van der Waals surface area contributed by atoms with Crippen molar-refractivity contribution >= 4 is 21.8 Å². The van der Waals surface area contributed by atoms with Gasteiger partial charge in [-0.05, 0) is 24.6 Å². The van der Waals surface area contributed by atoms with E-state index >= 15 is 0 Å². The quantitative estimate of drug-likeness (QED) is 0.477. The molecule has 1 saturated heterocycles. The largest absolute Gasteiger partial charge is 0.383 e. The Labute approximate surface area is 194 Å². The molecule has 1 unspecified atom stereocenters. The minimum atomic E-state index is -3.11. The van der Waals surface area contributed by atoms with Crippen LogP contribution in [0.1, 0.15) is 12.0 Å². The molecule has 4 rings (SSSR count). The van der Waals surface area contributed by atoms with Crippen molar-refractivity contribution in [2.24, 2.45) is 0 Å². The lowest BCUT2D eigenvalue weighted by Crippen LogP contribution is -2.42. The molecule has 7 nitrogen and oxygen atoms in total. The normalized spacial score (nSPS) is 17.4. The third-order valence-electron chi connectivity index (χ3n) is 5.68. The lowest BCUT2D eigenvalue weighted by atomic mass is 10.1. The Morgan fingerprint density at radius 3 is 2.48 bits per heavy atom. The highest BCUT2D eigenvalue weighted by Gasteiger charge is 2.33. The molecule has 0 radical (unpaired) electrons. The molecular weight excluding hydrogens is 438 g/mol. The van der Waals surface area contributed by atoms with E-state index < -0.39 is 9.84 Å². The Morgan fingerprint density at radius 2 is 1.85 bits per heavy atom. The van der Waals surface area contributed by atoms with Crippen LogP contribution in [0.4, 0.5) is 0 Å². The van der Waals surface area contributed by atoms with Gasteiger partial charge < -0.3 is 9.64 Å². The lowest BCUT2D eigenvalue weighted by molar-refractivity contribution is -0.128. The van der Waals surface area contributed by atoms with Crippen molar-refractivity contribution in [1.82, 2.24) is 14.7 Å². The number of nitrogens with zero attached hydrogens (tertiary/aromatic N) is 3. The third-order valence-corrected chi connectivity index (χ3v) is 7.43. The summed E-state index contributed by atoms with van der Waals surface area (Å²) in [6.45, 7) is 0.687. The molecule has 0 saturated carbocycles. The monoisotopic (exact) mass is 465 g/mol. The number of carbonyl (C=O) groups is 1. The summed E-state index contributed by atoms with van der Waals surface area (Å²) in [6, 6.07) is 19.2. The van der Waals surface area contributed by atoms with Crippen LogP contribution in [-0.2, 0) is 19.4 Å². The number of sulfone groups is 1. The first-order valence-corrected chi connectivity index (χ1v) is 12.7. The van der Waals surface area contributed by atoms with Crippen molar-refractivity contribution in [2.45, 2.75) is 12.5 Å². The maximum Gasteiger partial charge on any atom is 0.246 e. The average molecular weight is 466 g/mol. The summed E-state index contributed by atoms with van der Waals surface area (Å²) in [5, 5.41) is 4.76. The van der Waals surface area contributed by atoms with Gasteiger partial charge in [-0.15, -0.1) is 0 Å². The molecule has 2 heterocycles. The molecule has 8 heteroatoms. The molecule has 0 spiro atoms. The number of para-hydroxylation sites is 1. The summed E-state index contributed by atoms with van der Waals surface area (Å²) in [4.78, 5) is 14.7. The van der Waals surface area contributed by atoms with Crippen LogP contribution in [0.15, 0.2) is 72.9 Å². The number of amides is 1. The molecule has 0 bridgehead atoms. The third kappa shape index (κ3) is 5.58. The van der Waals surface area contributed by atoms with Crippen LogP contribution >= 0.6 is 0 Å². The first-order valence-electron chi connectivity index (χ1n) is 10.9. The molecule has 1 aliphatic heterocycles. The van der Waals surface area contributed by atoms with E-state index in [1.165, 1.54) is 6.08 Å². The fourth-order valence-corrected chi connectivity index (χ4v) is 5.71. The van der Waals surface area contributed by atoms with Gasteiger partial charge in [-0.1, -0.05) is 48.5 Å². The van der Waals surface area contributed by atoms with E-state index in [9.17, 15) is 13.2 Å². The van der Waals surface area contributed by atoms with Crippen molar-refractivity contribution in [3.05, 3.63) is 78.5 Å². The maximum absolute atomic E-state index is 13.1. The van der Waals surface area contributed by atoms with Crippen LogP contribution in [0.2, 0.25) is 0 Å². The van der Waals surface area contributed by atoms with Crippen molar-refractivity contribution in [2.75, 3.05) is 31.8 Å². The predicted molar refractivity (Wildman–Crippen MR) is 129 cm³/mol. The van der Waals surface area contributed by atoms with Crippen LogP contribution in [0.25, 0.3) is 23.0 Å². The Balaban J connectivity index is 1.64. The molecule has 1 fully saturated rings. The standard InChI is InChI=1S/C25H27N3O4S/c1-32-16-15-27(23-14-17-33(30,31)19-23)24(29)13-12-21-18-28(22-10-6-3-7-11-22)26-25(21)20-8-4-2-5-9-20/h2-13,18,23H,14-17,19H2,1H3/b13-12+. The van der Waals surface area contributed by atoms with E-state index in [-0.39, 0.29) is 23.5 Å². The zero-order valence-electron chi connectivity index (χ0n) is 18.5. The van der Waals surface area contributed by atoms with Gasteiger partial charge in [-0.3, -0.25) is 4.79 Å². The Morgan fingerprint density at radius 1 is 1.15 bits per heavy atom. The number of aromatic nitrogens is 2. The van der Waals surface area contributed by atoms with Crippen molar-refractivity contribution in [3.8, 4) is 16.9 Å². The van der Waals surface area contributed by atoms with Gasteiger partial charge in [0.1, 0.15) is 0 Å². The highest BCUT2D eigenvalue weighted by Crippen LogP contribution is 2.25. The summed E-state index contributed by atoms with van der Waals surface area (Å²) >= 11 is 0. The van der Waals surface area contributed by atoms with Crippen LogP contribution in [-0.4, -0.2) is 66.8 Å². The van der Waals surface area contributed by atoms with Crippen LogP contribution in [0, 0.1) is 0 Å². The zero-order valence-corrected chi connectivity index (χ0v) is 19.3. The van der Waals surface area contributed by atoms with E-state index in [0.29, 0.717) is 19.6 Å². The number of hydrogen-bond donors (Lipinski definition) is 0. The highest BCUT2D eigenvalue weighted by atomic mass is 32.2. The van der Waals surface area contributed by atoms with E-state index in [0.717, 1.165) is 22.5 Å². The van der Waals surface area contributed by atoms with Crippen molar-refractivity contribution in [3.63, 3.8) is 0 Å². The fourth-order valence-electron chi connectivity index (χ4n) is 3.98. The molecule has 2 aromatic carbocycles. The van der Waals surface area contributed by atoms with E-state index in [1.807, 2.05) is 66.9 Å². The summed E-state index contributed by atoms with van der Waals surface area (Å²) < 4.78 is 30.9. The van der Waals surface area contributed by atoms with Gasteiger partial charge in [0.05, 0.1) is 29.5 Å².